The summed E-state index contributed by atoms with van der Waals surface area (Å²) in [5.74, 6) is 0.0621. The van der Waals surface area contributed by atoms with Crippen LogP contribution < -0.4 is 0 Å². The van der Waals surface area contributed by atoms with E-state index in [4.69, 9.17) is 17.0 Å². The Morgan fingerprint density at radius 2 is 2.11 bits per heavy atom. The Kier molecular flexibility index (Phi) is 5.37. The van der Waals surface area contributed by atoms with Crippen LogP contribution >= 0.6 is 35.7 Å². The second-order valence-corrected chi connectivity index (χ2v) is 9.30. The van der Waals surface area contributed by atoms with Crippen molar-refractivity contribution >= 4 is 46.0 Å². The summed E-state index contributed by atoms with van der Waals surface area (Å²) in [6, 6.07) is 0. The van der Waals surface area contributed by atoms with Gasteiger partial charge in [-0.1, -0.05) is 12.7 Å². The molecule has 0 radical (unpaired) electrons. The monoisotopic (exact) mass is 319 g/mol. The van der Waals surface area contributed by atoms with E-state index in [2.05, 4.69) is 34.3 Å². The van der Waals surface area contributed by atoms with Crippen LogP contribution in [0.4, 0.5) is 0 Å². The molecular formula is C13H21NO2S3. The fraction of sp³-hybridized carbons (Fsp3) is 0.692. The van der Waals surface area contributed by atoms with Crippen molar-refractivity contribution in [3.8, 4) is 0 Å². The molecule has 1 saturated heterocycles. The van der Waals surface area contributed by atoms with E-state index in [0.29, 0.717) is 11.0 Å². The Morgan fingerprint density at radius 1 is 1.53 bits per heavy atom. The van der Waals surface area contributed by atoms with Crippen LogP contribution in [0, 0.1) is 0 Å². The number of ether oxygens (including phenoxy) is 1. The molecule has 3 nitrogen and oxygen atoms in total. The maximum Gasteiger partial charge on any atom is 0.222 e. The summed E-state index contributed by atoms with van der Waals surface area (Å²) in [5.41, 5.74) is 0. The highest BCUT2D eigenvalue weighted by molar-refractivity contribution is 8.23. The van der Waals surface area contributed by atoms with Crippen LogP contribution in [0.5, 0.6) is 0 Å². The van der Waals surface area contributed by atoms with E-state index < -0.39 is 0 Å². The number of carbonyl (C=O) groups is 1. The number of thioether (sulfide) groups is 2. The first-order valence-corrected chi connectivity index (χ1v) is 8.16. The van der Waals surface area contributed by atoms with Gasteiger partial charge in [0, 0.05) is 11.7 Å². The van der Waals surface area contributed by atoms with Crippen LogP contribution in [0.1, 0.15) is 34.6 Å². The summed E-state index contributed by atoms with van der Waals surface area (Å²) in [6.45, 7) is 14.0. The minimum Gasteiger partial charge on any atom is -0.474 e. The Balaban J connectivity index is 2.91. The molecule has 0 aromatic carbocycles. The van der Waals surface area contributed by atoms with Crippen molar-refractivity contribution in [1.82, 2.24) is 4.90 Å². The van der Waals surface area contributed by atoms with Gasteiger partial charge in [0.25, 0.3) is 0 Å². The van der Waals surface area contributed by atoms with Gasteiger partial charge in [0.05, 0.1) is 4.87 Å². The molecule has 0 aromatic rings. The van der Waals surface area contributed by atoms with Crippen LogP contribution in [0.15, 0.2) is 12.7 Å². The molecule has 108 valence electrons. The van der Waals surface area contributed by atoms with Gasteiger partial charge in [-0.05, 0) is 51.7 Å². The van der Waals surface area contributed by atoms with Gasteiger partial charge in [-0.3, -0.25) is 4.79 Å². The third-order valence-electron chi connectivity index (χ3n) is 2.79. The summed E-state index contributed by atoms with van der Waals surface area (Å²) in [4.78, 5) is 13.6. The SMILES string of the molecule is C=CCOC(=S)SC1N(C(C)=O)C(C)(C)SC1(C)C. The Hall–Kier alpha value is -0.200. The molecule has 1 fully saturated rings. The molecule has 1 unspecified atom stereocenters. The van der Waals surface area contributed by atoms with Crippen molar-refractivity contribution in [2.75, 3.05) is 6.61 Å². The van der Waals surface area contributed by atoms with Crippen LogP contribution in [-0.2, 0) is 9.53 Å². The van der Waals surface area contributed by atoms with Crippen molar-refractivity contribution in [3.63, 3.8) is 0 Å². The summed E-state index contributed by atoms with van der Waals surface area (Å²) in [6.07, 6.45) is 1.66. The van der Waals surface area contributed by atoms with Crippen molar-refractivity contribution in [1.29, 1.82) is 0 Å². The first kappa shape index (κ1) is 16.9. The molecule has 1 aliphatic rings. The first-order valence-electron chi connectivity index (χ1n) is 6.06. The van der Waals surface area contributed by atoms with Crippen molar-refractivity contribution in [3.05, 3.63) is 12.7 Å². The molecule has 0 aliphatic carbocycles. The van der Waals surface area contributed by atoms with E-state index in [1.165, 1.54) is 11.8 Å². The second-order valence-electron chi connectivity index (χ2n) is 5.36. The molecule has 0 N–H and O–H groups in total. The molecule has 0 spiro atoms. The topological polar surface area (TPSA) is 29.5 Å². The van der Waals surface area contributed by atoms with Crippen LogP contribution in [-0.4, -0.2) is 36.8 Å². The largest absolute Gasteiger partial charge is 0.474 e. The summed E-state index contributed by atoms with van der Waals surface area (Å²) < 4.78 is 5.75. The number of thiocarbonyl (C=S) groups is 1. The van der Waals surface area contributed by atoms with Gasteiger partial charge in [0.2, 0.25) is 10.3 Å². The molecule has 1 aliphatic heterocycles. The van der Waals surface area contributed by atoms with Gasteiger partial charge in [-0.25, -0.2) is 0 Å². The number of hydrogen-bond acceptors (Lipinski definition) is 5. The molecule has 0 aromatic heterocycles. The van der Waals surface area contributed by atoms with Gasteiger partial charge in [0.15, 0.2) is 0 Å². The Bertz CT molecular complexity index is 393. The molecule has 19 heavy (non-hydrogen) atoms. The van der Waals surface area contributed by atoms with Gasteiger partial charge in [-0.2, -0.15) is 0 Å². The molecule has 1 rings (SSSR count). The lowest BCUT2D eigenvalue weighted by Gasteiger charge is -2.34. The maximum atomic E-state index is 12.0. The number of carbonyl (C=O) groups excluding carboxylic acids is 1. The molecular weight excluding hydrogens is 298 g/mol. The number of amides is 1. The van der Waals surface area contributed by atoms with E-state index in [9.17, 15) is 4.79 Å². The lowest BCUT2D eigenvalue weighted by atomic mass is 10.1. The van der Waals surface area contributed by atoms with Crippen molar-refractivity contribution in [2.24, 2.45) is 0 Å². The van der Waals surface area contributed by atoms with Crippen LogP contribution in [0.25, 0.3) is 0 Å². The molecule has 0 bridgehead atoms. The molecule has 0 saturated carbocycles. The number of nitrogens with zero attached hydrogens (tertiary/aromatic N) is 1. The van der Waals surface area contributed by atoms with Gasteiger partial charge in [0.1, 0.15) is 12.0 Å². The van der Waals surface area contributed by atoms with E-state index >= 15 is 0 Å². The predicted octanol–water partition coefficient (Wildman–Crippen LogP) is 3.64. The van der Waals surface area contributed by atoms with E-state index in [-0.39, 0.29) is 20.9 Å². The Labute approximate surface area is 129 Å². The van der Waals surface area contributed by atoms with E-state index in [1.807, 2.05) is 4.90 Å². The standard InChI is InChI=1S/C13H21NO2S3/c1-7-8-16-11(17)18-10-12(3,4)19-13(5,6)14(10)9(2)15/h7,10H,1,8H2,2-6H3. The fourth-order valence-corrected chi connectivity index (χ4v) is 5.97. The average Bonchev–Trinajstić information content (AvgIpc) is 2.40. The molecule has 1 atom stereocenters. The maximum absolute atomic E-state index is 12.0. The fourth-order valence-electron chi connectivity index (χ4n) is 2.33. The zero-order valence-corrected chi connectivity index (χ0v) is 14.5. The molecule has 1 heterocycles. The third kappa shape index (κ3) is 3.89. The first-order chi connectivity index (χ1) is 8.62. The third-order valence-corrected chi connectivity index (χ3v) is 6.12. The lowest BCUT2D eigenvalue weighted by Crippen LogP contribution is -2.47. The highest BCUT2D eigenvalue weighted by atomic mass is 32.2. The van der Waals surface area contributed by atoms with Gasteiger partial charge < -0.3 is 9.64 Å². The quantitative estimate of drug-likeness (QED) is 0.585. The summed E-state index contributed by atoms with van der Waals surface area (Å²) >= 11 is 8.44. The number of hydrogen-bond donors (Lipinski definition) is 0. The minimum atomic E-state index is -0.235. The average molecular weight is 320 g/mol. The number of rotatable bonds is 3. The smallest absolute Gasteiger partial charge is 0.222 e. The zero-order valence-electron chi connectivity index (χ0n) is 12.1. The minimum absolute atomic E-state index is 0.0256. The summed E-state index contributed by atoms with van der Waals surface area (Å²) in [5, 5.41) is -0.0256. The highest BCUT2D eigenvalue weighted by Crippen LogP contribution is 2.54. The van der Waals surface area contributed by atoms with Crippen LogP contribution in [0.3, 0.4) is 0 Å². The second kappa shape index (κ2) is 6.06. The molecule has 6 heteroatoms. The van der Waals surface area contributed by atoms with E-state index in [1.54, 1.807) is 24.8 Å². The van der Waals surface area contributed by atoms with Crippen molar-refractivity contribution in [2.45, 2.75) is 49.6 Å². The van der Waals surface area contributed by atoms with E-state index in [0.717, 1.165) is 0 Å². The normalized spacial score (nSPS) is 24.1. The lowest BCUT2D eigenvalue weighted by molar-refractivity contribution is -0.131. The predicted molar refractivity (Wildman–Crippen MR) is 88.4 cm³/mol. The van der Waals surface area contributed by atoms with Gasteiger partial charge >= 0.3 is 0 Å². The summed E-state index contributed by atoms with van der Waals surface area (Å²) in [7, 11) is 0. The van der Waals surface area contributed by atoms with Crippen LogP contribution in [0.2, 0.25) is 0 Å². The van der Waals surface area contributed by atoms with Gasteiger partial charge in [-0.15, -0.1) is 11.8 Å². The van der Waals surface area contributed by atoms with Crippen molar-refractivity contribution < 1.29 is 9.53 Å². The highest BCUT2D eigenvalue weighted by Gasteiger charge is 2.53. The Morgan fingerprint density at radius 3 is 2.58 bits per heavy atom. The zero-order chi connectivity index (χ0) is 14.8. The molecule has 1 amide bonds.